The smallest absolute Gasteiger partial charge is 0.270 e. The van der Waals surface area contributed by atoms with E-state index in [1.165, 1.54) is 12.1 Å². The fourth-order valence-corrected chi connectivity index (χ4v) is 4.07. The Hall–Kier alpha value is -3.13. The highest BCUT2D eigenvalue weighted by Crippen LogP contribution is 2.29. The third-order valence-electron chi connectivity index (χ3n) is 5.88. The highest BCUT2D eigenvalue weighted by Gasteiger charge is 2.23. The molecule has 2 saturated heterocycles. The maximum absolute atomic E-state index is 13.0. The topological polar surface area (TPSA) is 82.0 Å². The Morgan fingerprint density at radius 2 is 1.60 bits per heavy atom. The summed E-state index contributed by atoms with van der Waals surface area (Å²) in [5.74, 6) is -0.326. The summed E-state index contributed by atoms with van der Waals surface area (Å²) >= 11 is 0. The van der Waals surface area contributed by atoms with Crippen molar-refractivity contribution in [2.24, 2.45) is 0 Å². The average molecular weight is 409 g/mol. The Labute approximate surface area is 176 Å². The largest absolute Gasteiger partial charge is 0.371 e. The molecule has 4 rings (SSSR count). The normalized spacial score (nSPS) is 17.2. The SMILES string of the molecule is CN1CCN(c2ccc(NC(=O)c3cc([N+](=O)[O-])ccc3N3CCCC3)cc2)CC1. The van der Waals surface area contributed by atoms with Gasteiger partial charge in [0.15, 0.2) is 0 Å². The molecule has 2 heterocycles. The number of anilines is 3. The standard InChI is InChI=1S/C22H27N5O3/c1-24-12-14-25(15-13-24)18-6-4-17(5-7-18)23-22(28)20-16-19(27(29)30)8-9-21(20)26-10-2-3-11-26/h4-9,16H,2-3,10-15H2,1H3,(H,23,28). The van der Waals surface area contributed by atoms with Crippen LogP contribution in [-0.4, -0.2) is 62.0 Å². The van der Waals surface area contributed by atoms with E-state index in [4.69, 9.17) is 0 Å². The number of rotatable bonds is 5. The second-order valence-electron chi connectivity index (χ2n) is 7.94. The molecule has 0 spiro atoms. The van der Waals surface area contributed by atoms with Crippen molar-refractivity contribution in [2.75, 3.05) is 61.4 Å². The second-order valence-corrected chi connectivity index (χ2v) is 7.94. The third-order valence-corrected chi connectivity index (χ3v) is 5.88. The zero-order valence-electron chi connectivity index (χ0n) is 17.2. The molecule has 2 aliphatic rings. The van der Waals surface area contributed by atoms with Crippen molar-refractivity contribution in [3.05, 3.63) is 58.1 Å². The summed E-state index contributed by atoms with van der Waals surface area (Å²) in [7, 11) is 2.13. The monoisotopic (exact) mass is 409 g/mol. The molecular weight excluding hydrogens is 382 g/mol. The summed E-state index contributed by atoms with van der Waals surface area (Å²) in [6.07, 6.45) is 2.12. The summed E-state index contributed by atoms with van der Waals surface area (Å²) in [5.41, 5.74) is 2.83. The van der Waals surface area contributed by atoms with Gasteiger partial charge in [0, 0.05) is 62.8 Å². The highest BCUT2D eigenvalue weighted by atomic mass is 16.6. The maximum atomic E-state index is 13.0. The van der Waals surface area contributed by atoms with Gasteiger partial charge in [-0.25, -0.2) is 0 Å². The number of likely N-dealkylation sites (N-methyl/N-ethyl adjacent to an activating group) is 1. The van der Waals surface area contributed by atoms with E-state index in [1.807, 2.05) is 24.3 Å². The summed E-state index contributed by atoms with van der Waals surface area (Å²) in [5, 5.41) is 14.1. The molecule has 1 amide bonds. The molecule has 2 aliphatic heterocycles. The van der Waals surface area contributed by atoms with Gasteiger partial charge in [-0.05, 0) is 50.2 Å². The molecule has 0 unspecified atom stereocenters. The van der Waals surface area contributed by atoms with Crippen LogP contribution in [0.4, 0.5) is 22.7 Å². The van der Waals surface area contributed by atoms with E-state index in [0.29, 0.717) is 11.3 Å². The highest BCUT2D eigenvalue weighted by molar-refractivity contribution is 6.08. The molecule has 1 N–H and O–H groups in total. The molecule has 0 radical (unpaired) electrons. The molecule has 158 valence electrons. The number of nitrogens with one attached hydrogen (secondary N) is 1. The minimum atomic E-state index is -0.463. The molecular formula is C22H27N5O3. The molecule has 2 aromatic rings. The number of nitro benzene ring substituents is 1. The van der Waals surface area contributed by atoms with Gasteiger partial charge in [-0.15, -0.1) is 0 Å². The number of nitrogens with zero attached hydrogens (tertiary/aromatic N) is 4. The van der Waals surface area contributed by atoms with Crippen molar-refractivity contribution in [2.45, 2.75) is 12.8 Å². The summed E-state index contributed by atoms with van der Waals surface area (Å²) in [6.45, 7) is 5.74. The predicted octanol–water partition coefficient (Wildman–Crippen LogP) is 3.20. The van der Waals surface area contributed by atoms with Crippen molar-refractivity contribution in [1.82, 2.24) is 4.90 Å². The van der Waals surface area contributed by atoms with Crippen LogP contribution in [-0.2, 0) is 0 Å². The van der Waals surface area contributed by atoms with E-state index < -0.39 is 4.92 Å². The predicted molar refractivity (Wildman–Crippen MR) is 119 cm³/mol. The van der Waals surface area contributed by atoms with E-state index in [1.54, 1.807) is 6.07 Å². The minimum Gasteiger partial charge on any atom is -0.371 e. The first-order valence-electron chi connectivity index (χ1n) is 10.4. The number of hydrogen-bond acceptors (Lipinski definition) is 6. The zero-order valence-corrected chi connectivity index (χ0v) is 17.2. The van der Waals surface area contributed by atoms with Gasteiger partial charge in [0.05, 0.1) is 16.2 Å². The summed E-state index contributed by atoms with van der Waals surface area (Å²) < 4.78 is 0. The van der Waals surface area contributed by atoms with Crippen LogP contribution in [0, 0.1) is 10.1 Å². The number of non-ortho nitro benzene ring substituents is 1. The van der Waals surface area contributed by atoms with Crippen LogP contribution in [0.5, 0.6) is 0 Å². The Kier molecular flexibility index (Phi) is 5.85. The first kappa shape index (κ1) is 20.2. The fourth-order valence-electron chi connectivity index (χ4n) is 4.07. The molecule has 8 nitrogen and oxygen atoms in total. The minimum absolute atomic E-state index is 0.0755. The summed E-state index contributed by atoms with van der Waals surface area (Å²) in [6, 6.07) is 12.3. The lowest BCUT2D eigenvalue weighted by atomic mass is 10.1. The van der Waals surface area contributed by atoms with Crippen LogP contribution in [0.25, 0.3) is 0 Å². The third kappa shape index (κ3) is 4.38. The van der Waals surface area contributed by atoms with Crippen molar-refractivity contribution in [3.63, 3.8) is 0 Å². The Bertz CT molecular complexity index is 917. The van der Waals surface area contributed by atoms with Crippen LogP contribution < -0.4 is 15.1 Å². The number of benzene rings is 2. The molecule has 0 aliphatic carbocycles. The van der Waals surface area contributed by atoms with E-state index in [2.05, 4.69) is 27.1 Å². The van der Waals surface area contributed by atoms with Gasteiger partial charge in [-0.2, -0.15) is 0 Å². The molecule has 0 bridgehead atoms. The maximum Gasteiger partial charge on any atom is 0.270 e. The zero-order chi connectivity index (χ0) is 21.1. The number of piperazine rings is 1. The number of nitro groups is 1. The van der Waals surface area contributed by atoms with Crippen LogP contribution in [0.1, 0.15) is 23.2 Å². The van der Waals surface area contributed by atoms with Gasteiger partial charge in [0.2, 0.25) is 0 Å². The Morgan fingerprint density at radius 1 is 0.933 bits per heavy atom. The van der Waals surface area contributed by atoms with E-state index in [9.17, 15) is 14.9 Å². The molecule has 30 heavy (non-hydrogen) atoms. The molecule has 0 atom stereocenters. The van der Waals surface area contributed by atoms with Crippen molar-refractivity contribution < 1.29 is 9.72 Å². The lowest BCUT2D eigenvalue weighted by molar-refractivity contribution is -0.384. The number of amides is 1. The van der Waals surface area contributed by atoms with E-state index in [0.717, 1.165) is 63.5 Å². The van der Waals surface area contributed by atoms with Crippen LogP contribution >= 0.6 is 0 Å². The number of carbonyl (C=O) groups excluding carboxylic acids is 1. The first-order valence-corrected chi connectivity index (χ1v) is 10.4. The first-order chi connectivity index (χ1) is 14.5. The van der Waals surface area contributed by atoms with Crippen molar-refractivity contribution in [3.8, 4) is 0 Å². The van der Waals surface area contributed by atoms with Crippen molar-refractivity contribution >= 4 is 28.7 Å². The van der Waals surface area contributed by atoms with Gasteiger partial charge in [0.1, 0.15) is 0 Å². The molecule has 0 saturated carbocycles. The van der Waals surface area contributed by atoms with Gasteiger partial charge in [0.25, 0.3) is 11.6 Å². The second kappa shape index (κ2) is 8.71. The quantitative estimate of drug-likeness (QED) is 0.603. The fraction of sp³-hybridized carbons (Fsp3) is 0.409. The number of carbonyl (C=O) groups is 1. The molecule has 2 aromatic carbocycles. The molecule has 2 fully saturated rings. The van der Waals surface area contributed by atoms with Crippen LogP contribution in [0.2, 0.25) is 0 Å². The summed E-state index contributed by atoms with van der Waals surface area (Å²) in [4.78, 5) is 30.5. The van der Waals surface area contributed by atoms with Gasteiger partial charge in [-0.3, -0.25) is 14.9 Å². The van der Waals surface area contributed by atoms with Gasteiger partial charge in [-0.1, -0.05) is 0 Å². The van der Waals surface area contributed by atoms with Crippen molar-refractivity contribution in [1.29, 1.82) is 0 Å². The number of hydrogen-bond donors (Lipinski definition) is 1. The Balaban J connectivity index is 1.51. The lowest BCUT2D eigenvalue weighted by Crippen LogP contribution is -2.44. The van der Waals surface area contributed by atoms with E-state index in [-0.39, 0.29) is 11.6 Å². The lowest BCUT2D eigenvalue weighted by Gasteiger charge is -2.34. The molecule has 0 aromatic heterocycles. The molecule has 8 heteroatoms. The van der Waals surface area contributed by atoms with Gasteiger partial charge < -0.3 is 20.0 Å². The van der Waals surface area contributed by atoms with Crippen LogP contribution in [0.3, 0.4) is 0 Å². The Morgan fingerprint density at radius 3 is 2.23 bits per heavy atom. The van der Waals surface area contributed by atoms with Gasteiger partial charge >= 0.3 is 0 Å². The van der Waals surface area contributed by atoms with Crippen LogP contribution in [0.15, 0.2) is 42.5 Å². The van der Waals surface area contributed by atoms with E-state index >= 15 is 0 Å². The average Bonchev–Trinajstić information content (AvgIpc) is 3.29.